The molecule has 0 radical (unpaired) electrons. The van der Waals surface area contributed by atoms with Gasteiger partial charge in [-0.15, -0.1) is 11.3 Å². The van der Waals surface area contributed by atoms with Crippen LogP contribution >= 0.6 is 22.9 Å². The zero-order valence-electron chi connectivity index (χ0n) is 11.0. The van der Waals surface area contributed by atoms with Crippen LogP contribution < -0.4 is 10.1 Å². The number of aryl methyl sites for hydroxylation is 1. The lowest BCUT2D eigenvalue weighted by molar-refractivity contribution is 0.415. The molecule has 0 bridgehead atoms. The summed E-state index contributed by atoms with van der Waals surface area (Å²) < 4.78 is 5.14. The van der Waals surface area contributed by atoms with E-state index in [4.69, 9.17) is 16.3 Å². The predicted octanol–water partition coefficient (Wildman–Crippen LogP) is 4.41. The standard InChI is InChI=1S/C14H12ClN3OS/c1-8-5-10-13(16-7-17-14(10)20-8)18-9-3-4-12(19-2)11(15)6-9/h3-7H,1-2H3,(H,16,17,18). The van der Waals surface area contributed by atoms with E-state index in [9.17, 15) is 0 Å². The Balaban J connectivity index is 1.98. The number of hydrogen-bond acceptors (Lipinski definition) is 5. The SMILES string of the molecule is COc1ccc(Nc2ncnc3sc(C)cc23)cc1Cl. The molecule has 3 aromatic rings. The lowest BCUT2D eigenvalue weighted by atomic mass is 10.3. The molecule has 6 heteroatoms. The Bertz CT molecular complexity index is 772. The second-order valence-corrected chi connectivity index (χ2v) is 5.91. The number of halogens is 1. The molecule has 102 valence electrons. The van der Waals surface area contributed by atoms with Gasteiger partial charge in [0.05, 0.1) is 17.5 Å². The molecule has 0 aliphatic rings. The minimum absolute atomic E-state index is 0.560. The van der Waals surface area contributed by atoms with Crippen LogP contribution in [0.15, 0.2) is 30.6 Å². The minimum atomic E-state index is 0.560. The second kappa shape index (κ2) is 5.26. The summed E-state index contributed by atoms with van der Waals surface area (Å²) in [5.74, 6) is 1.43. The number of hydrogen-bond donors (Lipinski definition) is 1. The Morgan fingerprint density at radius 1 is 1.25 bits per heavy atom. The predicted molar refractivity (Wildman–Crippen MR) is 83.4 cm³/mol. The molecule has 0 saturated heterocycles. The van der Waals surface area contributed by atoms with E-state index < -0.39 is 0 Å². The van der Waals surface area contributed by atoms with Gasteiger partial charge in [0.1, 0.15) is 22.7 Å². The Morgan fingerprint density at radius 3 is 2.85 bits per heavy atom. The maximum atomic E-state index is 6.12. The molecule has 0 aliphatic carbocycles. The number of fused-ring (bicyclic) bond motifs is 1. The van der Waals surface area contributed by atoms with E-state index >= 15 is 0 Å². The van der Waals surface area contributed by atoms with Crippen LogP contribution in [0.3, 0.4) is 0 Å². The zero-order chi connectivity index (χ0) is 14.1. The molecule has 0 spiro atoms. The first-order chi connectivity index (χ1) is 9.67. The van der Waals surface area contributed by atoms with E-state index in [2.05, 4.69) is 28.3 Å². The number of benzene rings is 1. The van der Waals surface area contributed by atoms with Crippen molar-refractivity contribution in [2.75, 3.05) is 12.4 Å². The molecule has 3 rings (SSSR count). The lowest BCUT2D eigenvalue weighted by Crippen LogP contribution is -1.95. The molecule has 0 aliphatic heterocycles. The van der Waals surface area contributed by atoms with Gasteiger partial charge in [-0.05, 0) is 31.2 Å². The average Bonchev–Trinajstić information content (AvgIpc) is 2.80. The van der Waals surface area contributed by atoms with Gasteiger partial charge in [-0.1, -0.05) is 11.6 Å². The molecule has 0 saturated carbocycles. The fourth-order valence-corrected chi connectivity index (χ4v) is 3.06. The van der Waals surface area contributed by atoms with Crippen molar-refractivity contribution in [1.29, 1.82) is 0 Å². The van der Waals surface area contributed by atoms with Crippen molar-refractivity contribution in [3.05, 3.63) is 40.5 Å². The van der Waals surface area contributed by atoms with Gasteiger partial charge in [0.15, 0.2) is 0 Å². The molecule has 1 aromatic carbocycles. The topological polar surface area (TPSA) is 47.0 Å². The highest BCUT2D eigenvalue weighted by Crippen LogP contribution is 2.32. The first kappa shape index (κ1) is 13.1. The van der Waals surface area contributed by atoms with Gasteiger partial charge < -0.3 is 10.1 Å². The molecule has 0 amide bonds. The van der Waals surface area contributed by atoms with Crippen molar-refractivity contribution in [3.8, 4) is 5.75 Å². The van der Waals surface area contributed by atoms with Crippen LogP contribution in [0.5, 0.6) is 5.75 Å². The summed E-state index contributed by atoms with van der Waals surface area (Å²) in [7, 11) is 1.59. The summed E-state index contributed by atoms with van der Waals surface area (Å²) in [6.45, 7) is 2.06. The van der Waals surface area contributed by atoms with E-state index in [1.165, 1.54) is 4.88 Å². The third kappa shape index (κ3) is 2.42. The van der Waals surface area contributed by atoms with Crippen molar-refractivity contribution in [2.45, 2.75) is 6.92 Å². The largest absolute Gasteiger partial charge is 0.495 e. The first-order valence-electron chi connectivity index (χ1n) is 5.99. The highest BCUT2D eigenvalue weighted by molar-refractivity contribution is 7.18. The normalized spacial score (nSPS) is 10.8. The fraction of sp³-hybridized carbons (Fsp3) is 0.143. The van der Waals surface area contributed by atoms with Crippen LogP contribution in [0.1, 0.15) is 4.88 Å². The number of methoxy groups -OCH3 is 1. The third-order valence-corrected chi connectivity index (χ3v) is 4.12. The smallest absolute Gasteiger partial charge is 0.142 e. The zero-order valence-corrected chi connectivity index (χ0v) is 12.5. The van der Waals surface area contributed by atoms with Crippen LogP contribution in [-0.4, -0.2) is 17.1 Å². The second-order valence-electron chi connectivity index (χ2n) is 4.27. The van der Waals surface area contributed by atoms with Gasteiger partial charge >= 0.3 is 0 Å². The summed E-state index contributed by atoms with van der Waals surface area (Å²) in [5, 5.41) is 4.84. The first-order valence-corrected chi connectivity index (χ1v) is 7.18. The molecule has 2 heterocycles. The molecular weight excluding hydrogens is 294 g/mol. The Kier molecular flexibility index (Phi) is 3.46. The maximum Gasteiger partial charge on any atom is 0.142 e. The Morgan fingerprint density at radius 2 is 2.10 bits per heavy atom. The number of ether oxygens (including phenoxy) is 1. The quantitative estimate of drug-likeness (QED) is 0.779. The van der Waals surface area contributed by atoms with Gasteiger partial charge in [-0.3, -0.25) is 0 Å². The monoisotopic (exact) mass is 305 g/mol. The molecule has 0 fully saturated rings. The Hall–Kier alpha value is -1.85. The molecule has 20 heavy (non-hydrogen) atoms. The van der Waals surface area contributed by atoms with Crippen molar-refractivity contribution >= 4 is 44.7 Å². The van der Waals surface area contributed by atoms with Crippen LogP contribution in [0.25, 0.3) is 10.2 Å². The van der Waals surface area contributed by atoms with Crippen LogP contribution in [0, 0.1) is 6.92 Å². The van der Waals surface area contributed by atoms with E-state index in [0.29, 0.717) is 10.8 Å². The van der Waals surface area contributed by atoms with Gasteiger partial charge in [0.2, 0.25) is 0 Å². The molecule has 0 atom stereocenters. The number of nitrogens with one attached hydrogen (secondary N) is 1. The molecule has 1 N–H and O–H groups in total. The molecule has 0 unspecified atom stereocenters. The van der Waals surface area contributed by atoms with Gasteiger partial charge in [0.25, 0.3) is 0 Å². The summed E-state index contributed by atoms with van der Waals surface area (Å²) in [6.07, 6.45) is 1.56. The number of rotatable bonds is 3. The van der Waals surface area contributed by atoms with Crippen molar-refractivity contribution in [1.82, 2.24) is 9.97 Å². The average molecular weight is 306 g/mol. The summed E-state index contributed by atoms with van der Waals surface area (Å²) in [5.41, 5.74) is 0.861. The lowest BCUT2D eigenvalue weighted by Gasteiger charge is -2.08. The van der Waals surface area contributed by atoms with E-state index in [1.54, 1.807) is 24.8 Å². The fourth-order valence-electron chi connectivity index (χ4n) is 1.96. The van der Waals surface area contributed by atoms with Crippen molar-refractivity contribution in [2.24, 2.45) is 0 Å². The summed E-state index contributed by atoms with van der Waals surface area (Å²) in [6, 6.07) is 7.61. The summed E-state index contributed by atoms with van der Waals surface area (Å²) >= 11 is 7.77. The third-order valence-electron chi connectivity index (χ3n) is 2.87. The molecule has 2 aromatic heterocycles. The maximum absolute atomic E-state index is 6.12. The molecular formula is C14H12ClN3OS. The van der Waals surface area contributed by atoms with Crippen LogP contribution in [0.4, 0.5) is 11.5 Å². The van der Waals surface area contributed by atoms with Gasteiger partial charge in [-0.25, -0.2) is 9.97 Å². The van der Waals surface area contributed by atoms with Crippen molar-refractivity contribution in [3.63, 3.8) is 0 Å². The highest BCUT2D eigenvalue weighted by Gasteiger charge is 2.08. The Labute approximate surface area is 125 Å². The van der Waals surface area contributed by atoms with E-state index in [1.807, 2.05) is 18.2 Å². The van der Waals surface area contributed by atoms with Gasteiger partial charge in [0, 0.05) is 10.6 Å². The number of nitrogens with zero attached hydrogens (tertiary/aromatic N) is 2. The molecule has 4 nitrogen and oxygen atoms in total. The summed E-state index contributed by atoms with van der Waals surface area (Å²) in [4.78, 5) is 10.7. The number of anilines is 2. The van der Waals surface area contributed by atoms with E-state index in [0.717, 1.165) is 21.7 Å². The number of thiophene rings is 1. The number of aromatic nitrogens is 2. The van der Waals surface area contributed by atoms with Crippen LogP contribution in [0.2, 0.25) is 5.02 Å². The highest BCUT2D eigenvalue weighted by atomic mass is 35.5. The van der Waals surface area contributed by atoms with E-state index in [-0.39, 0.29) is 0 Å². The van der Waals surface area contributed by atoms with Crippen LogP contribution in [-0.2, 0) is 0 Å². The minimum Gasteiger partial charge on any atom is -0.495 e. The van der Waals surface area contributed by atoms with Gasteiger partial charge in [-0.2, -0.15) is 0 Å². The van der Waals surface area contributed by atoms with Crippen molar-refractivity contribution < 1.29 is 4.74 Å².